The number of hydrogen-bond donors (Lipinski definition) is 2. The minimum atomic E-state index is -0.781. The Labute approximate surface area is 213 Å². The molecule has 0 saturated carbocycles. The minimum Gasteiger partial charge on any atom is -0.336 e. The van der Waals surface area contributed by atoms with Crippen LogP contribution in [-0.4, -0.2) is 40.3 Å². The summed E-state index contributed by atoms with van der Waals surface area (Å²) in [5.41, 5.74) is 2.69. The average molecular weight is 505 g/mol. The summed E-state index contributed by atoms with van der Waals surface area (Å²) in [6.07, 6.45) is 0.429. The van der Waals surface area contributed by atoms with Gasteiger partial charge in [0, 0.05) is 24.8 Å². The van der Waals surface area contributed by atoms with Gasteiger partial charge in [-0.1, -0.05) is 30.3 Å². The van der Waals surface area contributed by atoms with Gasteiger partial charge in [-0.05, 0) is 72.7 Å². The number of benzene rings is 3. The zero-order valence-corrected chi connectivity index (χ0v) is 20.4. The molecule has 1 aliphatic heterocycles. The first kappa shape index (κ1) is 25.0. The summed E-state index contributed by atoms with van der Waals surface area (Å²) in [6.45, 7) is 1.81. The number of thiocarbonyl (C=S) groups is 1. The largest absolute Gasteiger partial charge is 0.336 e. The van der Waals surface area contributed by atoms with Gasteiger partial charge < -0.3 is 15.5 Å². The lowest BCUT2D eigenvalue weighted by Gasteiger charge is -2.24. The smallest absolute Gasteiger partial charge is 0.256 e. The molecule has 9 heteroatoms. The molecule has 3 aromatic carbocycles. The number of nitrogens with one attached hydrogen (secondary N) is 2. The van der Waals surface area contributed by atoms with Crippen LogP contribution in [0.5, 0.6) is 0 Å². The fraction of sp³-hybridized carbons (Fsp3) is 0.185. The van der Waals surface area contributed by atoms with Crippen molar-refractivity contribution in [2.24, 2.45) is 0 Å². The molecule has 1 atom stereocenters. The molecule has 1 aliphatic rings. The van der Waals surface area contributed by atoms with Gasteiger partial charge in [0.05, 0.1) is 12.1 Å². The van der Waals surface area contributed by atoms with Crippen molar-refractivity contribution < 1.29 is 18.8 Å². The molecule has 7 nitrogen and oxygen atoms in total. The summed E-state index contributed by atoms with van der Waals surface area (Å²) in [5, 5.41) is 5.80. The highest BCUT2D eigenvalue weighted by Crippen LogP contribution is 2.27. The van der Waals surface area contributed by atoms with Crippen LogP contribution in [0.2, 0.25) is 0 Å². The van der Waals surface area contributed by atoms with Gasteiger partial charge in [-0.15, -0.1) is 0 Å². The Kier molecular flexibility index (Phi) is 7.70. The predicted octanol–water partition coefficient (Wildman–Crippen LogP) is 4.36. The average Bonchev–Trinajstić information content (AvgIpc) is 3.08. The number of para-hydroxylation sites is 1. The highest BCUT2D eigenvalue weighted by atomic mass is 32.1. The summed E-state index contributed by atoms with van der Waals surface area (Å²) in [7, 11) is 0. The van der Waals surface area contributed by atoms with Crippen LogP contribution in [0.25, 0.3) is 0 Å². The Morgan fingerprint density at radius 3 is 2.14 bits per heavy atom. The predicted molar refractivity (Wildman–Crippen MR) is 141 cm³/mol. The first-order valence-electron chi connectivity index (χ1n) is 11.4. The topological polar surface area (TPSA) is 81.8 Å². The maximum atomic E-state index is 13.4. The molecule has 1 heterocycles. The van der Waals surface area contributed by atoms with E-state index < -0.39 is 6.04 Å². The van der Waals surface area contributed by atoms with E-state index in [0.29, 0.717) is 35.1 Å². The van der Waals surface area contributed by atoms with Crippen molar-refractivity contribution in [2.75, 3.05) is 22.1 Å². The Morgan fingerprint density at radius 1 is 0.917 bits per heavy atom. The molecule has 0 unspecified atom stereocenters. The molecular weight excluding hydrogens is 479 g/mol. The Bertz CT molecular complexity index is 1270. The quantitative estimate of drug-likeness (QED) is 0.446. The summed E-state index contributed by atoms with van der Waals surface area (Å²) in [5.74, 6) is -1.13. The first-order valence-corrected chi connectivity index (χ1v) is 11.8. The van der Waals surface area contributed by atoms with Crippen molar-refractivity contribution in [1.29, 1.82) is 0 Å². The number of rotatable bonds is 8. The van der Waals surface area contributed by atoms with E-state index in [1.165, 1.54) is 24.0 Å². The van der Waals surface area contributed by atoms with E-state index in [2.05, 4.69) is 10.6 Å². The molecule has 0 bridgehead atoms. The van der Waals surface area contributed by atoms with Crippen LogP contribution < -0.4 is 15.5 Å². The number of carbonyl (C=O) groups is 3. The van der Waals surface area contributed by atoms with E-state index in [-0.39, 0.29) is 30.0 Å². The molecule has 0 aromatic heterocycles. The van der Waals surface area contributed by atoms with E-state index in [9.17, 15) is 18.8 Å². The Balaban J connectivity index is 1.50. The van der Waals surface area contributed by atoms with Crippen LogP contribution >= 0.6 is 12.2 Å². The monoisotopic (exact) mass is 504 g/mol. The lowest BCUT2D eigenvalue weighted by atomic mass is 10.1. The molecule has 4 rings (SSSR count). The molecule has 2 N–H and O–H groups in total. The molecule has 36 heavy (non-hydrogen) atoms. The molecule has 0 aliphatic carbocycles. The van der Waals surface area contributed by atoms with Gasteiger partial charge in [0.2, 0.25) is 11.8 Å². The van der Waals surface area contributed by atoms with Crippen LogP contribution in [0, 0.1) is 5.82 Å². The lowest BCUT2D eigenvalue weighted by molar-refractivity contribution is -0.124. The molecular formula is C27H25FN4O3S. The SMILES string of the molecule is CC(=O)Nc1ccc(NC(=O)C[C@@H]2C(=O)N(c3ccccc3)C(=S)N2CCc2ccc(F)cc2)cc1. The number of hydrogen-bond acceptors (Lipinski definition) is 4. The van der Waals surface area contributed by atoms with E-state index >= 15 is 0 Å². The lowest BCUT2D eigenvalue weighted by Crippen LogP contribution is -2.39. The van der Waals surface area contributed by atoms with Gasteiger partial charge in [0.15, 0.2) is 5.11 Å². The van der Waals surface area contributed by atoms with Gasteiger partial charge in [0.25, 0.3) is 5.91 Å². The normalized spacial score (nSPS) is 15.2. The maximum Gasteiger partial charge on any atom is 0.256 e. The second-order valence-corrected chi connectivity index (χ2v) is 8.75. The highest BCUT2D eigenvalue weighted by molar-refractivity contribution is 7.80. The van der Waals surface area contributed by atoms with E-state index in [1.807, 2.05) is 18.2 Å². The third kappa shape index (κ3) is 5.92. The van der Waals surface area contributed by atoms with Crippen molar-refractivity contribution in [2.45, 2.75) is 25.8 Å². The van der Waals surface area contributed by atoms with Gasteiger partial charge in [0.1, 0.15) is 11.9 Å². The Morgan fingerprint density at radius 2 is 1.53 bits per heavy atom. The summed E-state index contributed by atoms with van der Waals surface area (Å²) in [4.78, 5) is 40.8. The van der Waals surface area contributed by atoms with E-state index in [1.54, 1.807) is 53.4 Å². The minimum absolute atomic E-state index is 0.0980. The number of carbonyl (C=O) groups excluding carboxylic acids is 3. The van der Waals surface area contributed by atoms with E-state index in [0.717, 1.165) is 5.56 Å². The number of nitrogens with zero attached hydrogens (tertiary/aromatic N) is 2. The van der Waals surface area contributed by atoms with Crippen LogP contribution in [0.4, 0.5) is 21.5 Å². The summed E-state index contributed by atoms with van der Waals surface area (Å²) < 4.78 is 13.3. The summed E-state index contributed by atoms with van der Waals surface area (Å²) >= 11 is 5.67. The number of halogens is 1. The molecule has 0 radical (unpaired) electrons. The van der Waals surface area contributed by atoms with Gasteiger partial charge >= 0.3 is 0 Å². The van der Waals surface area contributed by atoms with Crippen molar-refractivity contribution in [3.8, 4) is 0 Å². The van der Waals surface area contributed by atoms with Crippen LogP contribution in [-0.2, 0) is 20.8 Å². The third-order valence-electron chi connectivity index (χ3n) is 5.76. The molecule has 0 spiro atoms. The zero-order chi connectivity index (χ0) is 25.7. The number of anilines is 3. The molecule has 3 amide bonds. The van der Waals surface area contributed by atoms with Crippen molar-refractivity contribution in [3.05, 3.63) is 90.2 Å². The molecule has 1 fully saturated rings. The number of amides is 3. The van der Waals surface area contributed by atoms with Crippen LogP contribution in [0.3, 0.4) is 0 Å². The zero-order valence-electron chi connectivity index (χ0n) is 19.6. The van der Waals surface area contributed by atoms with Crippen molar-refractivity contribution in [1.82, 2.24) is 4.90 Å². The maximum absolute atomic E-state index is 13.4. The molecule has 3 aromatic rings. The third-order valence-corrected chi connectivity index (χ3v) is 6.17. The van der Waals surface area contributed by atoms with Crippen molar-refractivity contribution >= 4 is 52.1 Å². The van der Waals surface area contributed by atoms with Crippen LogP contribution in [0.1, 0.15) is 18.9 Å². The van der Waals surface area contributed by atoms with Gasteiger partial charge in [-0.2, -0.15) is 0 Å². The first-order chi connectivity index (χ1) is 17.3. The standard InChI is InChI=1S/C27H25FN4O3S/c1-18(33)29-21-11-13-22(14-12-21)30-25(34)17-24-26(35)32(23-5-3-2-4-6-23)27(36)31(24)16-15-19-7-9-20(28)10-8-19/h2-14,24H,15-17H2,1H3,(H,29,33)(H,30,34)/t24-/m1/s1. The highest BCUT2D eigenvalue weighted by Gasteiger charge is 2.43. The van der Waals surface area contributed by atoms with Crippen LogP contribution in [0.15, 0.2) is 78.9 Å². The fourth-order valence-electron chi connectivity index (χ4n) is 4.03. The second-order valence-electron chi connectivity index (χ2n) is 8.39. The molecule has 184 valence electrons. The molecule has 1 saturated heterocycles. The summed E-state index contributed by atoms with van der Waals surface area (Å²) in [6, 6.07) is 21.2. The van der Waals surface area contributed by atoms with Gasteiger partial charge in [-0.25, -0.2) is 4.39 Å². The van der Waals surface area contributed by atoms with Gasteiger partial charge in [-0.3, -0.25) is 19.3 Å². The Hall–Kier alpha value is -4.11. The fourth-order valence-corrected chi connectivity index (χ4v) is 4.44. The van der Waals surface area contributed by atoms with E-state index in [4.69, 9.17) is 12.2 Å². The van der Waals surface area contributed by atoms with Crippen molar-refractivity contribution in [3.63, 3.8) is 0 Å². The second kappa shape index (κ2) is 11.1.